The molecule has 0 radical (unpaired) electrons. The molecule has 20 heavy (non-hydrogen) atoms. The maximum Gasteiger partial charge on any atom is 0.0713 e. The number of likely N-dealkylation sites (N-methyl/N-ethyl adjacent to an activating group) is 1. The fourth-order valence-electron chi connectivity index (χ4n) is 2.70. The van der Waals surface area contributed by atoms with E-state index >= 15 is 0 Å². The predicted octanol–water partition coefficient (Wildman–Crippen LogP) is 2.19. The van der Waals surface area contributed by atoms with E-state index in [9.17, 15) is 0 Å². The van der Waals surface area contributed by atoms with Gasteiger partial charge in [-0.3, -0.25) is 4.90 Å². The van der Waals surface area contributed by atoms with Crippen molar-refractivity contribution in [3.8, 4) is 0 Å². The number of methoxy groups -OCH3 is 2. The van der Waals surface area contributed by atoms with Gasteiger partial charge in [0.05, 0.1) is 13.2 Å². The van der Waals surface area contributed by atoms with Gasteiger partial charge in [0.15, 0.2) is 0 Å². The molecule has 0 saturated heterocycles. The molecule has 0 aromatic heterocycles. The molecule has 0 amide bonds. The Hall–Kier alpha value is -0.940. The minimum Gasteiger partial charge on any atom is -0.383 e. The maximum atomic E-state index is 6.03. The number of nitrogens with two attached hydrogens (primary N) is 1. The van der Waals surface area contributed by atoms with Crippen molar-refractivity contribution in [2.75, 3.05) is 33.9 Å². The lowest BCUT2D eigenvalue weighted by molar-refractivity contribution is 0.0750. The van der Waals surface area contributed by atoms with Gasteiger partial charge in [-0.25, -0.2) is 0 Å². The summed E-state index contributed by atoms with van der Waals surface area (Å²) in [4.78, 5) is 2.38. The van der Waals surface area contributed by atoms with Gasteiger partial charge < -0.3 is 15.2 Å². The Morgan fingerprint density at radius 1 is 1.25 bits per heavy atom. The first-order chi connectivity index (χ1) is 9.67. The zero-order valence-corrected chi connectivity index (χ0v) is 13.1. The third kappa shape index (κ3) is 4.56. The van der Waals surface area contributed by atoms with E-state index in [-0.39, 0.29) is 6.04 Å². The average Bonchev–Trinajstić information content (AvgIpc) is 2.45. The molecule has 4 heteroatoms. The van der Waals surface area contributed by atoms with Crippen LogP contribution in [0.2, 0.25) is 0 Å². The molecule has 1 rings (SSSR count). The fraction of sp³-hybridized carbons (Fsp3) is 0.625. The lowest BCUT2D eigenvalue weighted by atomic mass is 10.0. The van der Waals surface area contributed by atoms with E-state index in [1.54, 1.807) is 14.2 Å². The molecule has 114 valence electrons. The van der Waals surface area contributed by atoms with Crippen LogP contribution in [0, 0.1) is 0 Å². The molecule has 0 aliphatic rings. The summed E-state index contributed by atoms with van der Waals surface area (Å²) in [6, 6.07) is 9.02. The van der Waals surface area contributed by atoms with Gasteiger partial charge in [-0.1, -0.05) is 31.2 Å². The van der Waals surface area contributed by atoms with Gasteiger partial charge in [0.2, 0.25) is 0 Å². The van der Waals surface area contributed by atoms with Crippen molar-refractivity contribution in [3.63, 3.8) is 0 Å². The fourth-order valence-corrected chi connectivity index (χ4v) is 2.70. The van der Waals surface area contributed by atoms with Crippen LogP contribution in [0.15, 0.2) is 24.3 Å². The number of hydrogen-bond donors (Lipinski definition) is 1. The summed E-state index contributed by atoms with van der Waals surface area (Å²) in [5.74, 6) is 0. The predicted molar refractivity (Wildman–Crippen MR) is 82.7 cm³/mol. The van der Waals surface area contributed by atoms with Gasteiger partial charge in [0.25, 0.3) is 0 Å². The molecule has 0 bridgehead atoms. The second-order valence-electron chi connectivity index (χ2n) is 5.06. The van der Waals surface area contributed by atoms with Crippen LogP contribution in [0.5, 0.6) is 0 Å². The Balaban J connectivity index is 2.94. The van der Waals surface area contributed by atoms with Gasteiger partial charge in [-0.05, 0) is 24.6 Å². The maximum absolute atomic E-state index is 6.03. The summed E-state index contributed by atoms with van der Waals surface area (Å²) in [5, 5.41) is 0. The first kappa shape index (κ1) is 17.1. The molecule has 2 N–H and O–H groups in total. The molecule has 1 aromatic carbocycles. The number of hydrogen-bond acceptors (Lipinski definition) is 4. The summed E-state index contributed by atoms with van der Waals surface area (Å²) in [6.07, 6.45) is 0. The van der Waals surface area contributed by atoms with Crippen molar-refractivity contribution >= 4 is 0 Å². The van der Waals surface area contributed by atoms with Crippen LogP contribution in [0.4, 0.5) is 0 Å². The molecule has 0 aliphatic carbocycles. The van der Waals surface area contributed by atoms with E-state index in [1.165, 1.54) is 11.1 Å². The second kappa shape index (κ2) is 9.08. The van der Waals surface area contributed by atoms with Gasteiger partial charge in [-0.15, -0.1) is 0 Å². The average molecular weight is 280 g/mol. The summed E-state index contributed by atoms with van der Waals surface area (Å²) >= 11 is 0. The first-order valence-electron chi connectivity index (χ1n) is 7.20. The Labute approximate surface area is 122 Å². The Morgan fingerprint density at radius 3 is 2.55 bits per heavy atom. The van der Waals surface area contributed by atoms with Crippen molar-refractivity contribution < 1.29 is 9.47 Å². The second-order valence-corrected chi connectivity index (χ2v) is 5.06. The van der Waals surface area contributed by atoms with Crippen molar-refractivity contribution in [1.82, 2.24) is 4.90 Å². The summed E-state index contributed by atoms with van der Waals surface area (Å²) in [6.45, 7) is 7.22. The van der Waals surface area contributed by atoms with Crippen LogP contribution in [-0.4, -0.2) is 44.9 Å². The summed E-state index contributed by atoms with van der Waals surface area (Å²) in [7, 11) is 3.45. The van der Waals surface area contributed by atoms with Crippen LogP contribution in [0.25, 0.3) is 0 Å². The van der Waals surface area contributed by atoms with Crippen LogP contribution in [0.3, 0.4) is 0 Å². The molecule has 0 fully saturated rings. The largest absolute Gasteiger partial charge is 0.383 e. The third-order valence-electron chi connectivity index (χ3n) is 3.61. The van der Waals surface area contributed by atoms with Crippen molar-refractivity contribution in [3.05, 3.63) is 35.4 Å². The zero-order chi connectivity index (χ0) is 15.0. The molecule has 0 aliphatic heterocycles. The van der Waals surface area contributed by atoms with Crippen LogP contribution >= 0.6 is 0 Å². The Bertz CT molecular complexity index is 384. The first-order valence-corrected chi connectivity index (χ1v) is 7.20. The molecule has 4 nitrogen and oxygen atoms in total. The van der Waals surface area contributed by atoms with E-state index in [2.05, 4.69) is 43.0 Å². The Kier molecular flexibility index (Phi) is 7.77. The number of benzene rings is 1. The zero-order valence-electron chi connectivity index (χ0n) is 13.1. The normalized spacial score (nSPS) is 14.5. The summed E-state index contributed by atoms with van der Waals surface area (Å²) < 4.78 is 10.5. The number of nitrogens with zero attached hydrogens (tertiary/aromatic N) is 1. The van der Waals surface area contributed by atoms with Crippen molar-refractivity contribution in [2.45, 2.75) is 32.5 Å². The minimum atomic E-state index is 0.210. The molecular formula is C16H28N2O2. The molecule has 0 saturated carbocycles. The number of ether oxygens (including phenoxy) is 2. The molecular weight excluding hydrogens is 252 g/mol. The third-order valence-corrected chi connectivity index (χ3v) is 3.61. The standard InChI is InChI=1S/C16H28N2O2/c1-5-18(13(2)11-19-3)16(10-17)15-8-6-7-14(9-15)12-20-4/h6-9,13,16H,5,10-12,17H2,1-4H3. The quantitative estimate of drug-likeness (QED) is 0.753. The SMILES string of the molecule is CCN(C(C)COC)C(CN)c1cccc(COC)c1. The van der Waals surface area contributed by atoms with E-state index in [4.69, 9.17) is 15.2 Å². The van der Waals surface area contributed by atoms with E-state index < -0.39 is 0 Å². The molecule has 0 heterocycles. The lowest BCUT2D eigenvalue weighted by Crippen LogP contribution is -2.42. The topological polar surface area (TPSA) is 47.7 Å². The van der Waals surface area contributed by atoms with E-state index in [0.717, 1.165) is 6.54 Å². The van der Waals surface area contributed by atoms with E-state index in [1.807, 2.05) is 0 Å². The number of rotatable bonds is 9. The monoisotopic (exact) mass is 280 g/mol. The lowest BCUT2D eigenvalue weighted by Gasteiger charge is -2.35. The Morgan fingerprint density at radius 2 is 2.00 bits per heavy atom. The van der Waals surface area contributed by atoms with Gasteiger partial charge >= 0.3 is 0 Å². The van der Waals surface area contributed by atoms with Crippen molar-refractivity contribution in [1.29, 1.82) is 0 Å². The highest BCUT2D eigenvalue weighted by Crippen LogP contribution is 2.23. The highest BCUT2D eigenvalue weighted by Gasteiger charge is 2.22. The van der Waals surface area contributed by atoms with Crippen molar-refractivity contribution in [2.24, 2.45) is 5.73 Å². The summed E-state index contributed by atoms with van der Waals surface area (Å²) in [5.41, 5.74) is 8.45. The smallest absolute Gasteiger partial charge is 0.0713 e. The molecule has 1 aromatic rings. The minimum absolute atomic E-state index is 0.210. The molecule has 0 spiro atoms. The van der Waals surface area contributed by atoms with Gasteiger partial charge in [-0.2, -0.15) is 0 Å². The molecule has 2 unspecified atom stereocenters. The van der Waals surface area contributed by atoms with Crippen LogP contribution < -0.4 is 5.73 Å². The molecule has 2 atom stereocenters. The highest BCUT2D eigenvalue weighted by atomic mass is 16.5. The van der Waals surface area contributed by atoms with Gasteiger partial charge in [0, 0.05) is 32.8 Å². The van der Waals surface area contributed by atoms with E-state index in [0.29, 0.717) is 25.8 Å². The highest BCUT2D eigenvalue weighted by molar-refractivity contribution is 5.26. The van der Waals surface area contributed by atoms with Gasteiger partial charge in [0.1, 0.15) is 0 Å². The van der Waals surface area contributed by atoms with Crippen LogP contribution in [0.1, 0.15) is 31.0 Å². The van der Waals surface area contributed by atoms with Crippen LogP contribution in [-0.2, 0) is 16.1 Å².